The third-order valence-electron chi connectivity index (χ3n) is 3.40. The molecule has 0 amide bonds. The van der Waals surface area contributed by atoms with E-state index in [-0.39, 0.29) is 5.76 Å². The standard InChI is InChI=1S/C16H21NO3/c1-4-17(5-2)14-8-7-12-10-15(16(18)19-6-3)20-11-13(12)9-14/h7-10H,4-6,11H2,1-3H3. The third kappa shape index (κ3) is 2.95. The largest absolute Gasteiger partial charge is 0.482 e. The first-order valence-electron chi connectivity index (χ1n) is 7.09. The van der Waals surface area contributed by atoms with Gasteiger partial charge in [-0.05, 0) is 50.1 Å². The third-order valence-corrected chi connectivity index (χ3v) is 3.40. The van der Waals surface area contributed by atoms with Crippen LogP contribution in [0.2, 0.25) is 0 Å². The average Bonchev–Trinajstić information content (AvgIpc) is 2.48. The van der Waals surface area contributed by atoms with E-state index in [1.54, 1.807) is 13.0 Å². The summed E-state index contributed by atoms with van der Waals surface area (Å²) in [5.41, 5.74) is 3.31. The molecule has 2 rings (SSSR count). The molecule has 0 bridgehead atoms. The Bertz CT molecular complexity index is 518. The Balaban J connectivity index is 2.25. The Kier molecular flexibility index (Phi) is 4.66. The van der Waals surface area contributed by atoms with Crippen LogP contribution in [0.25, 0.3) is 6.08 Å². The molecule has 1 aromatic carbocycles. The van der Waals surface area contributed by atoms with E-state index in [0.717, 1.165) is 24.2 Å². The molecule has 0 saturated heterocycles. The second kappa shape index (κ2) is 6.46. The van der Waals surface area contributed by atoms with Crippen molar-refractivity contribution >= 4 is 17.7 Å². The lowest BCUT2D eigenvalue weighted by Gasteiger charge is -2.24. The normalized spacial score (nSPS) is 13.1. The fraction of sp³-hybridized carbons (Fsp3) is 0.438. The minimum absolute atomic E-state index is 0.287. The highest BCUT2D eigenvalue weighted by Crippen LogP contribution is 2.27. The number of esters is 1. The van der Waals surface area contributed by atoms with Gasteiger partial charge in [0.05, 0.1) is 6.61 Å². The minimum Gasteiger partial charge on any atom is -0.482 e. The first-order valence-corrected chi connectivity index (χ1v) is 7.09. The van der Waals surface area contributed by atoms with Gasteiger partial charge in [0.2, 0.25) is 5.76 Å². The Morgan fingerprint density at radius 1 is 1.30 bits per heavy atom. The van der Waals surface area contributed by atoms with Crippen LogP contribution >= 0.6 is 0 Å². The molecule has 0 aliphatic carbocycles. The number of carbonyl (C=O) groups excluding carboxylic acids is 1. The van der Waals surface area contributed by atoms with Crippen molar-refractivity contribution in [2.75, 3.05) is 24.6 Å². The molecular weight excluding hydrogens is 254 g/mol. The zero-order chi connectivity index (χ0) is 14.5. The van der Waals surface area contributed by atoms with Gasteiger partial charge in [-0.3, -0.25) is 0 Å². The molecule has 1 aliphatic heterocycles. The van der Waals surface area contributed by atoms with Gasteiger partial charge in [0.25, 0.3) is 0 Å². The molecule has 20 heavy (non-hydrogen) atoms. The Morgan fingerprint density at radius 3 is 2.70 bits per heavy atom. The maximum absolute atomic E-state index is 11.7. The molecule has 1 aliphatic rings. The number of anilines is 1. The number of rotatable bonds is 5. The number of benzene rings is 1. The van der Waals surface area contributed by atoms with Crippen LogP contribution in [0, 0.1) is 0 Å². The number of carbonyl (C=O) groups is 1. The topological polar surface area (TPSA) is 38.8 Å². The summed E-state index contributed by atoms with van der Waals surface area (Å²) in [6.45, 7) is 8.77. The summed E-state index contributed by atoms with van der Waals surface area (Å²) < 4.78 is 10.4. The van der Waals surface area contributed by atoms with Crippen molar-refractivity contribution in [1.82, 2.24) is 0 Å². The molecule has 108 valence electrons. The van der Waals surface area contributed by atoms with Crippen LogP contribution in [0.3, 0.4) is 0 Å². The summed E-state index contributed by atoms with van der Waals surface area (Å²) in [7, 11) is 0. The highest BCUT2D eigenvalue weighted by molar-refractivity contribution is 5.92. The quantitative estimate of drug-likeness (QED) is 0.774. The molecule has 0 aromatic heterocycles. The number of ether oxygens (including phenoxy) is 2. The van der Waals surface area contributed by atoms with Crippen LogP contribution in [-0.2, 0) is 20.9 Å². The predicted molar refractivity (Wildman–Crippen MR) is 79.4 cm³/mol. The van der Waals surface area contributed by atoms with Crippen LogP contribution in [-0.4, -0.2) is 25.7 Å². The van der Waals surface area contributed by atoms with E-state index in [1.807, 2.05) is 6.07 Å². The molecule has 0 spiro atoms. The van der Waals surface area contributed by atoms with Crippen molar-refractivity contribution in [3.63, 3.8) is 0 Å². The van der Waals surface area contributed by atoms with Gasteiger partial charge < -0.3 is 14.4 Å². The average molecular weight is 275 g/mol. The van der Waals surface area contributed by atoms with E-state index in [2.05, 4.69) is 30.9 Å². The lowest BCUT2D eigenvalue weighted by Crippen LogP contribution is -2.22. The number of hydrogen-bond acceptors (Lipinski definition) is 4. The molecule has 4 heteroatoms. The van der Waals surface area contributed by atoms with E-state index < -0.39 is 5.97 Å². The predicted octanol–water partition coefficient (Wildman–Crippen LogP) is 2.97. The molecule has 0 radical (unpaired) electrons. The van der Waals surface area contributed by atoms with E-state index in [1.165, 1.54) is 5.69 Å². The summed E-state index contributed by atoms with van der Waals surface area (Å²) in [4.78, 5) is 13.9. The van der Waals surface area contributed by atoms with Crippen LogP contribution in [0.5, 0.6) is 0 Å². The summed E-state index contributed by atoms with van der Waals surface area (Å²) in [5.74, 6) is -0.110. The lowest BCUT2D eigenvalue weighted by atomic mass is 10.0. The van der Waals surface area contributed by atoms with E-state index in [0.29, 0.717) is 13.2 Å². The van der Waals surface area contributed by atoms with E-state index in [4.69, 9.17) is 9.47 Å². The molecule has 0 unspecified atom stereocenters. The van der Waals surface area contributed by atoms with Crippen molar-refractivity contribution in [2.45, 2.75) is 27.4 Å². The van der Waals surface area contributed by atoms with E-state index in [9.17, 15) is 4.79 Å². The van der Waals surface area contributed by atoms with Gasteiger partial charge >= 0.3 is 5.97 Å². The van der Waals surface area contributed by atoms with Gasteiger partial charge in [-0.2, -0.15) is 0 Å². The van der Waals surface area contributed by atoms with Crippen molar-refractivity contribution in [3.05, 3.63) is 35.1 Å². The summed E-state index contributed by atoms with van der Waals surface area (Å²) in [5, 5.41) is 0. The number of nitrogens with zero attached hydrogens (tertiary/aromatic N) is 1. The first kappa shape index (κ1) is 14.4. The zero-order valence-electron chi connectivity index (χ0n) is 12.3. The van der Waals surface area contributed by atoms with Crippen LogP contribution in [0.1, 0.15) is 31.9 Å². The minimum atomic E-state index is -0.397. The monoisotopic (exact) mass is 275 g/mol. The van der Waals surface area contributed by atoms with Gasteiger partial charge in [0.15, 0.2) is 0 Å². The van der Waals surface area contributed by atoms with Gasteiger partial charge in [0, 0.05) is 18.8 Å². The molecule has 1 heterocycles. The Morgan fingerprint density at radius 2 is 2.05 bits per heavy atom. The Hall–Kier alpha value is -1.97. The molecule has 0 fully saturated rings. The molecule has 0 atom stereocenters. The first-order chi connectivity index (χ1) is 9.69. The van der Waals surface area contributed by atoms with Gasteiger partial charge in [-0.25, -0.2) is 4.79 Å². The van der Waals surface area contributed by atoms with Gasteiger partial charge in [-0.1, -0.05) is 6.07 Å². The maximum Gasteiger partial charge on any atom is 0.373 e. The van der Waals surface area contributed by atoms with Crippen LogP contribution in [0.4, 0.5) is 5.69 Å². The van der Waals surface area contributed by atoms with Crippen LogP contribution in [0.15, 0.2) is 24.0 Å². The lowest BCUT2D eigenvalue weighted by molar-refractivity contribution is -0.142. The van der Waals surface area contributed by atoms with Gasteiger partial charge in [0.1, 0.15) is 6.61 Å². The van der Waals surface area contributed by atoms with Gasteiger partial charge in [-0.15, -0.1) is 0 Å². The smallest absolute Gasteiger partial charge is 0.373 e. The highest BCUT2D eigenvalue weighted by Gasteiger charge is 2.19. The summed E-state index contributed by atoms with van der Waals surface area (Å²) in [6, 6.07) is 6.24. The highest BCUT2D eigenvalue weighted by atomic mass is 16.6. The fourth-order valence-electron chi connectivity index (χ4n) is 2.30. The SMILES string of the molecule is CCOC(=O)C1=Cc2ccc(N(CC)CC)cc2CO1. The molecular formula is C16H21NO3. The van der Waals surface area contributed by atoms with Crippen molar-refractivity contribution in [3.8, 4) is 0 Å². The van der Waals surface area contributed by atoms with Crippen LogP contribution < -0.4 is 4.90 Å². The van der Waals surface area contributed by atoms with Crippen molar-refractivity contribution in [1.29, 1.82) is 0 Å². The second-order valence-corrected chi connectivity index (χ2v) is 4.57. The number of hydrogen-bond donors (Lipinski definition) is 0. The van der Waals surface area contributed by atoms with Crippen molar-refractivity contribution in [2.24, 2.45) is 0 Å². The van der Waals surface area contributed by atoms with Crippen molar-refractivity contribution < 1.29 is 14.3 Å². The maximum atomic E-state index is 11.7. The fourth-order valence-corrected chi connectivity index (χ4v) is 2.30. The second-order valence-electron chi connectivity index (χ2n) is 4.57. The molecule has 4 nitrogen and oxygen atoms in total. The molecule has 1 aromatic rings. The molecule has 0 saturated carbocycles. The van der Waals surface area contributed by atoms with E-state index >= 15 is 0 Å². The number of fused-ring (bicyclic) bond motifs is 1. The summed E-state index contributed by atoms with van der Waals surface area (Å²) in [6.07, 6.45) is 1.75. The summed E-state index contributed by atoms with van der Waals surface area (Å²) >= 11 is 0. The zero-order valence-corrected chi connectivity index (χ0v) is 12.3. The molecule has 0 N–H and O–H groups in total. The Labute approximate surface area is 120 Å².